The molecule has 0 amide bonds. The highest BCUT2D eigenvalue weighted by molar-refractivity contribution is 5.13. The van der Waals surface area contributed by atoms with E-state index in [9.17, 15) is 0 Å². The quantitative estimate of drug-likeness (QED) is 0.848. The topological polar surface area (TPSA) is 36.9 Å². The average Bonchev–Trinajstić information content (AvgIpc) is 2.87. The van der Waals surface area contributed by atoms with Crippen LogP contribution in [-0.2, 0) is 25.6 Å². The van der Waals surface area contributed by atoms with E-state index in [1.54, 1.807) is 0 Å². The van der Waals surface area contributed by atoms with Crippen LogP contribution in [0.4, 0.5) is 0 Å². The van der Waals surface area contributed by atoms with Gasteiger partial charge < -0.3 is 18.9 Å². The Kier molecular flexibility index (Phi) is 4.36. The van der Waals surface area contributed by atoms with Gasteiger partial charge in [0, 0.05) is 6.42 Å². The lowest BCUT2D eigenvalue weighted by Crippen LogP contribution is -2.45. The van der Waals surface area contributed by atoms with Crippen LogP contribution < -0.4 is 0 Å². The van der Waals surface area contributed by atoms with Crippen LogP contribution in [0.5, 0.6) is 0 Å². The smallest absolute Gasteiger partial charge is 0.187 e. The molecule has 2 fully saturated rings. The van der Waals surface area contributed by atoms with Gasteiger partial charge in [-0.05, 0) is 18.9 Å². The molecule has 20 heavy (non-hydrogen) atoms. The van der Waals surface area contributed by atoms with Crippen LogP contribution in [-0.4, -0.2) is 30.9 Å². The van der Waals surface area contributed by atoms with Crippen molar-refractivity contribution >= 4 is 0 Å². The van der Waals surface area contributed by atoms with Crippen molar-refractivity contribution < 1.29 is 18.9 Å². The van der Waals surface area contributed by atoms with E-state index in [-0.39, 0.29) is 30.9 Å². The molecule has 0 saturated carbocycles. The van der Waals surface area contributed by atoms with E-state index < -0.39 is 0 Å². The first-order valence-electron chi connectivity index (χ1n) is 7.38. The molecule has 4 nitrogen and oxygen atoms in total. The zero-order valence-corrected chi connectivity index (χ0v) is 12.0. The van der Waals surface area contributed by atoms with Gasteiger partial charge >= 0.3 is 0 Å². The van der Waals surface area contributed by atoms with E-state index in [1.807, 2.05) is 25.1 Å². The first-order valence-corrected chi connectivity index (χ1v) is 7.38. The van der Waals surface area contributed by atoms with E-state index in [1.165, 1.54) is 5.56 Å². The largest absolute Gasteiger partial charge is 0.371 e. The monoisotopic (exact) mass is 278 g/mol. The maximum absolute atomic E-state index is 6.00. The van der Waals surface area contributed by atoms with Gasteiger partial charge in [-0.25, -0.2) is 0 Å². The molecule has 5 atom stereocenters. The standard InChI is InChI=1S/C16H22O4/c1-3-15-19-14-9-13(11(2)18-16(14)20-15)17-10-12-7-5-4-6-8-12/h4-8,11,13-16H,3,9-10H2,1-2H3/t11-,13-,14-,15-,16-/m1/s1. The van der Waals surface area contributed by atoms with Crippen molar-refractivity contribution in [3.05, 3.63) is 35.9 Å². The van der Waals surface area contributed by atoms with Gasteiger partial charge in [-0.15, -0.1) is 0 Å². The molecule has 1 aromatic rings. The third-order valence-corrected chi connectivity index (χ3v) is 3.89. The van der Waals surface area contributed by atoms with Gasteiger partial charge in [-0.1, -0.05) is 37.3 Å². The van der Waals surface area contributed by atoms with Gasteiger partial charge in [-0.2, -0.15) is 0 Å². The minimum absolute atomic E-state index is 0.00285. The fraction of sp³-hybridized carbons (Fsp3) is 0.625. The van der Waals surface area contributed by atoms with Crippen LogP contribution in [0.25, 0.3) is 0 Å². The minimum atomic E-state index is -0.230. The van der Waals surface area contributed by atoms with Gasteiger partial charge in [-0.3, -0.25) is 0 Å². The third kappa shape index (κ3) is 3.04. The molecule has 2 saturated heterocycles. The second kappa shape index (κ2) is 6.22. The molecular formula is C16H22O4. The predicted octanol–water partition coefficient (Wildman–Crippen LogP) is 2.86. The Morgan fingerprint density at radius 3 is 2.70 bits per heavy atom. The molecule has 2 aliphatic heterocycles. The Labute approximate surface area is 120 Å². The highest BCUT2D eigenvalue weighted by Gasteiger charge is 2.44. The molecule has 0 radical (unpaired) electrons. The molecule has 4 heteroatoms. The van der Waals surface area contributed by atoms with E-state index in [4.69, 9.17) is 18.9 Å². The SMILES string of the molecule is CC[C@H]1O[C@H]2O[C@H](C)[C@H](OCc3ccccc3)C[C@H]2O1. The maximum atomic E-state index is 6.00. The van der Waals surface area contributed by atoms with Gasteiger partial charge in [0.1, 0.15) is 6.10 Å². The summed E-state index contributed by atoms with van der Waals surface area (Å²) in [4.78, 5) is 0. The van der Waals surface area contributed by atoms with Crippen LogP contribution in [0.3, 0.4) is 0 Å². The second-order valence-corrected chi connectivity index (χ2v) is 5.43. The van der Waals surface area contributed by atoms with Crippen LogP contribution in [0.2, 0.25) is 0 Å². The van der Waals surface area contributed by atoms with Crippen LogP contribution in [0, 0.1) is 0 Å². The lowest BCUT2D eigenvalue weighted by molar-refractivity contribution is -0.219. The van der Waals surface area contributed by atoms with Crippen molar-refractivity contribution in [2.45, 2.75) is 64.2 Å². The molecule has 0 spiro atoms. The Bertz CT molecular complexity index is 422. The van der Waals surface area contributed by atoms with E-state index in [0.29, 0.717) is 6.61 Å². The number of rotatable bonds is 4. The molecule has 0 aromatic heterocycles. The molecule has 2 heterocycles. The Balaban J connectivity index is 1.55. The highest BCUT2D eigenvalue weighted by Crippen LogP contribution is 2.33. The Morgan fingerprint density at radius 2 is 1.95 bits per heavy atom. The normalized spacial score (nSPS) is 36.8. The first-order chi connectivity index (χ1) is 9.76. The van der Waals surface area contributed by atoms with Crippen molar-refractivity contribution in [2.75, 3.05) is 0 Å². The fourth-order valence-electron chi connectivity index (χ4n) is 2.71. The van der Waals surface area contributed by atoms with Gasteiger partial charge in [0.15, 0.2) is 12.6 Å². The van der Waals surface area contributed by atoms with Crippen molar-refractivity contribution in [1.82, 2.24) is 0 Å². The van der Waals surface area contributed by atoms with E-state index in [0.717, 1.165) is 12.8 Å². The average molecular weight is 278 g/mol. The molecule has 2 aliphatic rings. The number of fused-ring (bicyclic) bond motifs is 1. The van der Waals surface area contributed by atoms with E-state index in [2.05, 4.69) is 19.1 Å². The molecule has 0 bridgehead atoms. The zero-order chi connectivity index (χ0) is 13.9. The van der Waals surface area contributed by atoms with Crippen LogP contribution in [0.15, 0.2) is 30.3 Å². The summed E-state index contributed by atoms with van der Waals surface area (Å²) in [5, 5.41) is 0. The molecule has 110 valence electrons. The summed E-state index contributed by atoms with van der Waals surface area (Å²) < 4.78 is 23.4. The second-order valence-electron chi connectivity index (χ2n) is 5.43. The Morgan fingerprint density at radius 1 is 1.15 bits per heavy atom. The molecule has 0 aliphatic carbocycles. The molecular weight excluding hydrogens is 256 g/mol. The van der Waals surface area contributed by atoms with Crippen molar-refractivity contribution in [2.24, 2.45) is 0 Å². The summed E-state index contributed by atoms with van der Waals surface area (Å²) >= 11 is 0. The number of hydrogen-bond donors (Lipinski definition) is 0. The predicted molar refractivity (Wildman–Crippen MR) is 74.0 cm³/mol. The molecule has 1 aromatic carbocycles. The lowest BCUT2D eigenvalue weighted by Gasteiger charge is -2.34. The molecule has 0 unspecified atom stereocenters. The fourth-order valence-corrected chi connectivity index (χ4v) is 2.71. The van der Waals surface area contributed by atoms with Crippen molar-refractivity contribution in [3.63, 3.8) is 0 Å². The third-order valence-electron chi connectivity index (χ3n) is 3.89. The summed E-state index contributed by atoms with van der Waals surface area (Å²) in [6.45, 7) is 4.69. The lowest BCUT2D eigenvalue weighted by atomic mass is 10.0. The minimum Gasteiger partial charge on any atom is -0.371 e. The highest BCUT2D eigenvalue weighted by atomic mass is 16.8. The van der Waals surface area contributed by atoms with Crippen LogP contribution in [0.1, 0.15) is 32.3 Å². The summed E-state index contributed by atoms with van der Waals surface area (Å²) in [6, 6.07) is 10.2. The Hall–Kier alpha value is -0.940. The van der Waals surface area contributed by atoms with Crippen LogP contribution >= 0.6 is 0 Å². The van der Waals surface area contributed by atoms with Gasteiger partial charge in [0.2, 0.25) is 0 Å². The summed E-state index contributed by atoms with van der Waals surface area (Å²) in [7, 11) is 0. The summed E-state index contributed by atoms with van der Waals surface area (Å²) in [6.07, 6.45) is 1.39. The van der Waals surface area contributed by atoms with Gasteiger partial charge in [0.05, 0.1) is 18.8 Å². The first kappa shape index (κ1) is 14.0. The summed E-state index contributed by atoms with van der Waals surface area (Å²) in [5.74, 6) is 0. The van der Waals surface area contributed by atoms with Crippen molar-refractivity contribution in [3.8, 4) is 0 Å². The number of benzene rings is 1. The maximum Gasteiger partial charge on any atom is 0.187 e. The molecule has 3 rings (SSSR count). The molecule has 0 N–H and O–H groups in total. The number of hydrogen-bond acceptors (Lipinski definition) is 4. The summed E-state index contributed by atoms with van der Waals surface area (Å²) in [5.41, 5.74) is 1.18. The van der Waals surface area contributed by atoms with Gasteiger partial charge in [0.25, 0.3) is 0 Å². The zero-order valence-electron chi connectivity index (χ0n) is 12.0. The number of ether oxygens (including phenoxy) is 4. The van der Waals surface area contributed by atoms with Crippen molar-refractivity contribution in [1.29, 1.82) is 0 Å². The van der Waals surface area contributed by atoms with E-state index >= 15 is 0 Å².